The van der Waals surface area contributed by atoms with Crippen LogP contribution in [0, 0.1) is 11.3 Å². The Balaban J connectivity index is 1.27. The van der Waals surface area contributed by atoms with Crippen molar-refractivity contribution in [2.45, 2.75) is 105 Å². The zero-order chi connectivity index (χ0) is 60.7. The molecule has 0 unspecified atom stereocenters. The first-order chi connectivity index (χ1) is 41.7. The first kappa shape index (κ1) is 56.7. The van der Waals surface area contributed by atoms with E-state index in [0.717, 1.165) is 61.8 Å². The summed E-state index contributed by atoms with van der Waals surface area (Å²) in [5, 5.41) is 10.1. The van der Waals surface area contributed by atoms with Crippen LogP contribution >= 0.6 is 0 Å². The molecule has 13 rings (SSSR count). The minimum atomic E-state index is -0.284. The number of anilines is 6. The van der Waals surface area contributed by atoms with Gasteiger partial charge in [-0.05, 0) is 165 Å². The molecule has 0 saturated heterocycles. The maximum Gasteiger partial charge on any atom is 0.252 e. The second kappa shape index (κ2) is 21.5. The van der Waals surface area contributed by atoms with Crippen LogP contribution in [0.2, 0.25) is 0 Å². The Hall–Kier alpha value is -9.43. The maximum absolute atomic E-state index is 10.1. The first-order valence-electron chi connectivity index (χ1n) is 30.9. The Morgan fingerprint density at radius 3 is 1.01 bits per heavy atom. The average Bonchev–Trinajstić information content (AvgIpc) is 0.693. The summed E-state index contributed by atoms with van der Waals surface area (Å²) in [7, 11) is 0. The van der Waals surface area contributed by atoms with Crippen LogP contribution in [-0.4, -0.2) is 6.71 Å². The number of nitrogens with zero attached hydrogens (tertiary/aromatic N) is 3. The normalized spacial score (nSPS) is 13.0. The van der Waals surface area contributed by atoms with Crippen LogP contribution in [0.4, 0.5) is 34.1 Å². The van der Waals surface area contributed by atoms with E-state index in [1.54, 1.807) is 0 Å². The van der Waals surface area contributed by atoms with Crippen LogP contribution in [0.3, 0.4) is 0 Å². The molecule has 11 aromatic carbocycles. The van der Waals surface area contributed by atoms with Gasteiger partial charge in [-0.2, -0.15) is 5.26 Å². The van der Waals surface area contributed by atoms with Gasteiger partial charge in [0.1, 0.15) is 0 Å². The molecule has 2 heterocycles. The predicted molar refractivity (Wildman–Crippen MR) is 373 cm³/mol. The molecule has 87 heavy (non-hydrogen) atoms. The lowest BCUT2D eigenvalue weighted by molar-refractivity contribution is 0.590. The van der Waals surface area contributed by atoms with Crippen LogP contribution in [0.5, 0.6) is 0 Å². The van der Waals surface area contributed by atoms with Gasteiger partial charge in [-0.1, -0.05) is 265 Å². The molecule has 0 aliphatic carbocycles. The summed E-state index contributed by atoms with van der Waals surface area (Å²) < 4.78 is 0. The molecule has 0 spiro atoms. The van der Waals surface area contributed by atoms with Crippen molar-refractivity contribution in [3.63, 3.8) is 0 Å². The smallest absolute Gasteiger partial charge is 0.252 e. The molecular weight excluding hydrogens is 1050 g/mol. The summed E-state index contributed by atoms with van der Waals surface area (Å²) >= 11 is 0. The molecule has 0 radical (unpaired) electrons. The van der Waals surface area contributed by atoms with Crippen molar-refractivity contribution in [2.24, 2.45) is 0 Å². The SMILES string of the molecule is CC(C)(C)c1cc(-c2ccccc2)c(N2c3ccc(-c4ccc(C#N)cc4)cc3B3c4cc(-c5ccccc5)c(C(C)(C)C)cc4N(c4c(-c5ccccc5)cc(C(C)(C)C)cc4-c4ccccc4)c4cc(C(C)(C)C)cc2c43)c(-c2ccccc2)c1. The summed E-state index contributed by atoms with van der Waals surface area (Å²) in [5.74, 6) is 0. The second-order valence-electron chi connectivity index (χ2n) is 28.1. The fraction of sp³-hybridized carbons (Fsp3) is 0.193. The van der Waals surface area contributed by atoms with E-state index in [-0.39, 0.29) is 28.4 Å². The molecule has 0 saturated carbocycles. The summed E-state index contributed by atoms with van der Waals surface area (Å²) in [6.45, 7) is 28.0. The Bertz CT molecular complexity index is 4330. The summed E-state index contributed by atoms with van der Waals surface area (Å²) in [4.78, 5) is 5.39. The summed E-state index contributed by atoms with van der Waals surface area (Å²) in [6, 6.07) is 93.3. The molecule has 0 fully saturated rings. The van der Waals surface area contributed by atoms with Crippen LogP contribution in [0.15, 0.2) is 243 Å². The predicted octanol–water partition coefficient (Wildman–Crippen LogP) is 20.8. The zero-order valence-corrected chi connectivity index (χ0v) is 52.5. The van der Waals surface area contributed by atoms with Gasteiger partial charge in [0.05, 0.1) is 23.0 Å². The molecular formula is C83H76BN3. The van der Waals surface area contributed by atoms with Crippen molar-refractivity contribution in [2.75, 3.05) is 9.80 Å². The van der Waals surface area contributed by atoms with E-state index < -0.39 is 0 Å². The topological polar surface area (TPSA) is 30.3 Å². The van der Waals surface area contributed by atoms with Gasteiger partial charge in [-0.25, -0.2) is 0 Å². The van der Waals surface area contributed by atoms with E-state index in [1.807, 2.05) is 12.1 Å². The second-order valence-corrected chi connectivity index (χ2v) is 28.1. The molecule has 0 aromatic heterocycles. The highest BCUT2D eigenvalue weighted by Crippen LogP contribution is 2.56. The van der Waals surface area contributed by atoms with Crippen molar-refractivity contribution in [3.8, 4) is 72.8 Å². The van der Waals surface area contributed by atoms with E-state index in [9.17, 15) is 5.26 Å². The third-order valence-corrected chi connectivity index (χ3v) is 18.0. The van der Waals surface area contributed by atoms with Crippen molar-refractivity contribution >= 4 is 57.2 Å². The molecule has 2 aliphatic rings. The summed E-state index contributed by atoms with van der Waals surface area (Å²) in [5.41, 5.74) is 29.3. The van der Waals surface area contributed by atoms with Gasteiger partial charge in [-0.3, -0.25) is 0 Å². The van der Waals surface area contributed by atoms with E-state index in [0.29, 0.717) is 5.56 Å². The molecule has 4 heteroatoms. The number of nitriles is 1. The zero-order valence-electron chi connectivity index (χ0n) is 52.5. The molecule has 11 aromatic rings. The fourth-order valence-electron chi connectivity index (χ4n) is 13.3. The van der Waals surface area contributed by atoms with Crippen LogP contribution in [0.25, 0.3) is 66.8 Å². The van der Waals surface area contributed by atoms with E-state index in [1.165, 1.54) is 77.7 Å². The highest BCUT2D eigenvalue weighted by atomic mass is 15.2. The number of fused-ring (bicyclic) bond motifs is 4. The highest BCUT2D eigenvalue weighted by molar-refractivity contribution is 7.00. The number of hydrogen-bond acceptors (Lipinski definition) is 3. The maximum atomic E-state index is 10.1. The van der Waals surface area contributed by atoms with Crippen molar-refractivity contribution in [3.05, 3.63) is 270 Å². The standard InChI is InChI=1S/C83H76BN3/c1-80(2,3)62-45-66(57-30-20-14-21-31-57)78(67(46-62)58-32-22-15-23-33-58)86-73-43-42-61(55-40-38-54(53-85)39-41-55)44-71(73)84-72-51-65(56-28-18-13-19-29-56)70(83(10,11)12)52-74(72)87(76-50-64(82(7,8)9)49-75(86)77(76)84)79-68(59-34-24-16-25-35-59)47-63(81(4,5)6)48-69(79)60-36-26-17-27-37-60/h13-52H,1-12H3. The number of benzene rings is 11. The monoisotopic (exact) mass is 1130 g/mol. The fourth-order valence-corrected chi connectivity index (χ4v) is 13.3. The number of rotatable bonds is 8. The highest BCUT2D eigenvalue weighted by Gasteiger charge is 2.47. The van der Waals surface area contributed by atoms with Gasteiger partial charge in [-0.15, -0.1) is 0 Å². The average molecular weight is 1130 g/mol. The van der Waals surface area contributed by atoms with E-state index in [2.05, 4.69) is 329 Å². The minimum Gasteiger partial charge on any atom is -0.310 e. The van der Waals surface area contributed by atoms with Crippen LogP contribution in [0.1, 0.15) is 111 Å². The Morgan fingerprint density at radius 1 is 0.299 bits per heavy atom. The third kappa shape index (κ3) is 10.3. The Morgan fingerprint density at radius 2 is 0.644 bits per heavy atom. The lowest BCUT2D eigenvalue weighted by atomic mass is 9.33. The lowest BCUT2D eigenvalue weighted by Gasteiger charge is -2.47. The van der Waals surface area contributed by atoms with Gasteiger partial charge in [0.2, 0.25) is 0 Å². The summed E-state index contributed by atoms with van der Waals surface area (Å²) in [6.07, 6.45) is 0. The van der Waals surface area contributed by atoms with Crippen molar-refractivity contribution in [1.29, 1.82) is 5.26 Å². The Labute approximate surface area is 517 Å². The molecule has 426 valence electrons. The van der Waals surface area contributed by atoms with Crippen molar-refractivity contribution < 1.29 is 0 Å². The lowest BCUT2D eigenvalue weighted by Crippen LogP contribution is -2.61. The van der Waals surface area contributed by atoms with Crippen LogP contribution in [-0.2, 0) is 21.7 Å². The van der Waals surface area contributed by atoms with Crippen molar-refractivity contribution in [1.82, 2.24) is 0 Å². The van der Waals surface area contributed by atoms with Gasteiger partial charge in [0.25, 0.3) is 6.71 Å². The van der Waals surface area contributed by atoms with Gasteiger partial charge >= 0.3 is 0 Å². The molecule has 0 bridgehead atoms. The van der Waals surface area contributed by atoms with E-state index >= 15 is 0 Å². The van der Waals surface area contributed by atoms with Gasteiger partial charge in [0, 0.05) is 45.0 Å². The largest absolute Gasteiger partial charge is 0.310 e. The molecule has 3 nitrogen and oxygen atoms in total. The molecule has 2 aliphatic heterocycles. The van der Waals surface area contributed by atoms with Gasteiger partial charge in [0.15, 0.2) is 0 Å². The molecule has 0 atom stereocenters. The van der Waals surface area contributed by atoms with E-state index in [4.69, 9.17) is 0 Å². The quantitative estimate of drug-likeness (QED) is 0.142. The first-order valence-corrected chi connectivity index (χ1v) is 30.9. The minimum absolute atomic E-state index is 0.167. The third-order valence-electron chi connectivity index (χ3n) is 18.0. The van der Waals surface area contributed by atoms with Crippen LogP contribution < -0.4 is 26.2 Å². The van der Waals surface area contributed by atoms with Gasteiger partial charge < -0.3 is 9.80 Å². The molecule has 0 N–H and O–H groups in total. The molecule has 0 amide bonds. The Kier molecular flexibility index (Phi) is 14.0. The number of hydrogen-bond donors (Lipinski definition) is 0.